The van der Waals surface area contributed by atoms with Crippen LogP contribution in [0.5, 0.6) is 5.75 Å². The van der Waals surface area contributed by atoms with Crippen LogP contribution in [-0.2, 0) is 51.2 Å². The van der Waals surface area contributed by atoms with Crippen molar-refractivity contribution in [2.24, 2.45) is 5.41 Å². The predicted molar refractivity (Wildman–Crippen MR) is 150 cm³/mol. The molecule has 1 saturated heterocycles. The number of ether oxygens (including phenoxy) is 4. The number of hydrogen-bond acceptors (Lipinski definition) is 10. The van der Waals surface area contributed by atoms with Gasteiger partial charge < -0.3 is 34.5 Å². The molecule has 236 valence electrons. The molecule has 3 amide bonds. The van der Waals surface area contributed by atoms with Crippen LogP contribution in [0.1, 0.15) is 57.6 Å². The molecule has 1 aromatic carbocycles. The number of rotatable bonds is 15. The summed E-state index contributed by atoms with van der Waals surface area (Å²) in [7, 11) is 0. The lowest BCUT2D eigenvalue weighted by atomic mass is 9.97. The number of aliphatic hydroxyl groups is 1. The molecule has 2 aliphatic heterocycles. The molecule has 3 unspecified atom stereocenters. The smallest absolute Gasteiger partial charge is 0.333 e. The molecule has 0 aliphatic carbocycles. The molecule has 0 aromatic heterocycles. The lowest BCUT2D eigenvalue weighted by Gasteiger charge is -2.31. The molecule has 13 nitrogen and oxygen atoms in total. The molecule has 0 bridgehead atoms. The molecule has 3 rings (SSSR count). The first-order chi connectivity index (χ1) is 20.3. The molecule has 3 N–H and O–H groups in total. The molecule has 2 aliphatic rings. The number of esters is 1. The molecular weight excluding hydrogens is 564 g/mol. The predicted octanol–water partition coefficient (Wildman–Crippen LogP) is 1.49. The summed E-state index contributed by atoms with van der Waals surface area (Å²) in [4.78, 5) is 59.8. The minimum Gasteiger partial charge on any atom is -0.479 e. The molecule has 1 fully saturated rings. The summed E-state index contributed by atoms with van der Waals surface area (Å²) in [5.41, 5.74) is 0.798. The highest BCUT2D eigenvalue weighted by molar-refractivity contribution is 6.13. The van der Waals surface area contributed by atoms with Gasteiger partial charge in [0, 0.05) is 56.7 Å². The SMILES string of the molecule is CC(C)(C)C(=O)OCc1cc(CCCOCCNC(=O)CCN2C(=O)C=CC2=O)ccc1OC1CC(O)CC(C(=O)O)O1. The number of nitrogens with zero attached hydrogens (tertiary/aromatic N) is 1. The molecule has 0 radical (unpaired) electrons. The van der Waals surface area contributed by atoms with Gasteiger partial charge in [0.2, 0.25) is 12.2 Å². The van der Waals surface area contributed by atoms with Crippen molar-refractivity contribution in [2.45, 2.75) is 78.0 Å². The van der Waals surface area contributed by atoms with Crippen molar-refractivity contribution in [1.82, 2.24) is 10.2 Å². The normalized spacial score (nSPS) is 20.3. The standard InChI is InChI=1S/C30H40N2O11/c1-30(2,3)29(39)41-18-20-15-19(6-7-22(20)42-27-17-21(33)16-23(43-27)28(37)38)5-4-13-40-14-11-31-24(34)10-12-32-25(35)8-9-26(32)36/h6-9,15,21,23,27,33H,4-5,10-14,16-18H2,1-3H3,(H,31,34)(H,37,38). The van der Waals surface area contributed by atoms with E-state index in [2.05, 4.69) is 5.32 Å². The maximum absolute atomic E-state index is 12.4. The van der Waals surface area contributed by atoms with Crippen molar-refractivity contribution in [1.29, 1.82) is 0 Å². The average Bonchev–Trinajstić information content (AvgIpc) is 3.26. The van der Waals surface area contributed by atoms with Crippen LogP contribution in [0.3, 0.4) is 0 Å². The maximum Gasteiger partial charge on any atom is 0.333 e. The van der Waals surface area contributed by atoms with E-state index in [9.17, 15) is 34.2 Å². The van der Waals surface area contributed by atoms with Gasteiger partial charge in [-0.3, -0.25) is 24.1 Å². The van der Waals surface area contributed by atoms with Crippen LogP contribution in [0.25, 0.3) is 0 Å². The number of hydrogen-bond donors (Lipinski definition) is 3. The molecule has 0 saturated carbocycles. The summed E-state index contributed by atoms with van der Waals surface area (Å²) in [5, 5.41) is 22.1. The molecule has 2 heterocycles. The number of carbonyl (C=O) groups is 5. The van der Waals surface area contributed by atoms with Crippen LogP contribution in [0.2, 0.25) is 0 Å². The third-order valence-corrected chi connectivity index (χ3v) is 6.68. The average molecular weight is 605 g/mol. The summed E-state index contributed by atoms with van der Waals surface area (Å²) in [6.07, 6.45) is 0.678. The molecule has 3 atom stereocenters. The summed E-state index contributed by atoms with van der Waals surface area (Å²) in [6, 6.07) is 5.38. The summed E-state index contributed by atoms with van der Waals surface area (Å²) < 4.78 is 22.5. The van der Waals surface area contributed by atoms with E-state index in [0.29, 0.717) is 37.4 Å². The number of carbonyl (C=O) groups excluding carboxylic acids is 4. The zero-order valence-corrected chi connectivity index (χ0v) is 24.7. The Morgan fingerprint density at radius 1 is 1.09 bits per heavy atom. The highest BCUT2D eigenvalue weighted by Gasteiger charge is 2.34. The zero-order valence-electron chi connectivity index (χ0n) is 24.7. The summed E-state index contributed by atoms with van der Waals surface area (Å²) >= 11 is 0. The van der Waals surface area contributed by atoms with E-state index >= 15 is 0 Å². The van der Waals surface area contributed by atoms with Crippen LogP contribution in [0.4, 0.5) is 0 Å². The van der Waals surface area contributed by atoms with Gasteiger partial charge in [0.05, 0.1) is 18.1 Å². The molecular formula is C30H40N2O11. The van der Waals surface area contributed by atoms with E-state index in [4.69, 9.17) is 18.9 Å². The second-order valence-electron chi connectivity index (χ2n) is 11.4. The topological polar surface area (TPSA) is 178 Å². The lowest BCUT2D eigenvalue weighted by molar-refractivity contribution is -0.195. The zero-order chi connectivity index (χ0) is 31.6. The maximum atomic E-state index is 12.4. The number of benzene rings is 1. The van der Waals surface area contributed by atoms with Gasteiger partial charge in [-0.15, -0.1) is 0 Å². The minimum absolute atomic E-state index is 0.0138. The number of aliphatic hydroxyl groups excluding tert-OH is 1. The van der Waals surface area contributed by atoms with Crippen molar-refractivity contribution in [3.05, 3.63) is 41.5 Å². The highest BCUT2D eigenvalue weighted by Crippen LogP contribution is 2.28. The van der Waals surface area contributed by atoms with E-state index < -0.39 is 47.7 Å². The van der Waals surface area contributed by atoms with Crippen LogP contribution in [0, 0.1) is 5.41 Å². The second-order valence-corrected chi connectivity index (χ2v) is 11.4. The van der Waals surface area contributed by atoms with Crippen LogP contribution < -0.4 is 10.1 Å². The monoisotopic (exact) mass is 604 g/mol. The van der Waals surface area contributed by atoms with Gasteiger partial charge in [0.25, 0.3) is 11.8 Å². The number of aliphatic carboxylic acids is 1. The first-order valence-corrected chi connectivity index (χ1v) is 14.2. The van der Waals surface area contributed by atoms with Crippen LogP contribution in [-0.4, -0.2) is 89.6 Å². The second kappa shape index (κ2) is 15.6. The van der Waals surface area contributed by atoms with Crippen molar-refractivity contribution >= 4 is 29.7 Å². The van der Waals surface area contributed by atoms with E-state index in [1.54, 1.807) is 26.8 Å². The van der Waals surface area contributed by atoms with Gasteiger partial charge in [-0.1, -0.05) is 6.07 Å². The third-order valence-electron chi connectivity index (χ3n) is 6.68. The van der Waals surface area contributed by atoms with Gasteiger partial charge in [0.1, 0.15) is 12.4 Å². The third kappa shape index (κ3) is 10.8. The van der Waals surface area contributed by atoms with Gasteiger partial charge >= 0.3 is 11.9 Å². The van der Waals surface area contributed by atoms with E-state index in [1.165, 1.54) is 12.2 Å². The number of imide groups is 1. The first-order valence-electron chi connectivity index (χ1n) is 14.2. The van der Waals surface area contributed by atoms with E-state index in [1.807, 2.05) is 12.1 Å². The van der Waals surface area contributed by atoms with Crippen LogP contribution in [0.15, 0.2) is 30.4 Å². The van der Waals surface area contributed by atoms with Crippen molar-refractivity contribution in [3.63, 3.8) is 0 Å². The molecule has 0 spiro atoms. The number of carboxylic acid groups (broad SMARTS) is 1. The van der Waals surface area contributed by atoms with Gasteiger partial charge in [-0.2, -0.15) is 0 Å². The van der Waals surface area contributed by atoms with Gasteiger partial charge in [-0.05, 0) is 51.3 Å². The fourth-order valence-corrected chi connectivity index (χ4v) is 4.31. The van der Waals surface area contributed by atoms with Gasteiger partial charge in [-0.25, -0.2) is 4.79 Å². The number of aryl methyl sites for hydroxylation is 1. The molecule has 43 heavy (non-hydrogen) atoms. The Balaban J connectivity index is 1.46. The Bertz CT molecular complexity index is 1190. The quantitative estimate of drug-likeness (QED) is 0.150. The Morgan fingerprint density at radius 2 is 1.81 bits per heavy atom. The Hall–Kier alpha value is -3.81. The largest absolute Gasteiger partial charge is 0.479 e. The Labute approximate surface area is 250 Å². The fraction of sp³-hybridized carbons (Fsp3) is 0.567. The van der Waals surface area contributed by atoms with Crippen molar-refractivity contribution in [2.75, 3.05) is 26.3 Å². The first kappa shape index (κ1) is 33.7. The Kier molecular flexibility index (Phi) is 12.2. The molecule has 13 heteroatoms. The highest BCUT2D eigenvalue weighted by atomic mass is 16.7. The van der Waals surface area contributed by atoms with Crippen molar-refractivity contribution < 1.29 is 53.1 Å². The number of carboxylic acids is 1. The Morgan fingerprint density at radius 3 is 2.49 bits per heavy atom. The summed E-state index contributed by atoms with van der Waals surface area (Å²) in [5.74, 6) is -2.35. The fourth-order valence-electron chi connectivity index (χ4n) is 4.31. The minimum atomic E-state index is -1.19. The lowest BCUT2D eigenvalue weighted by Crippen LogP contribution is -2.42. The molecule has 1 aromatic rings. The van der Waals surface area contributed by atoms with Crippen LogP contribution >= 0.6 is 0 Å². The van der Waals surface area contributed by atoms with E-state index in [-0.39, 0.29) is 44.9 Å². The summed E-state index contributed by atoms with van der Waals surface area (Å²) in [6.45, 7) is 6.20. The van der Waals surface area contributed by atoms with E-state index in [0.717, 1.165) is 10.5 Å². The van der Waals surface area contributed by atoms with Crippen molar-refractivity contribution in [3.8, 4) is 5.75 Å². The number of nitrogens with one attached hydrogen (secondary N) is 1. The number of amides is 3. The van der Waals surface area contributed by atoms with Gasteiger partial charge in [0.15, 0.2) is 6.10 Å².